The summed E-state index contributed by atoms with van der Waals surface area (Å²) in [6.45, 7) is 3.81. The number of aryl methyl sites for hydroxylation is 1. The maximum Gasteiger partial charge on any atom is 0.375 e. The maximum atomic E-state index is 12.1. The van der Waals surface area contributed by atoms with Gasteiger partial charge in [0.2, 0.25) is 0 Å². The highest BCUT2D eigenvalue weighted by atomic mass is 16.7. The van der Waals surface area contributed by atoms with Gasteiger partial charge >= 0.3 is 5.97 Å². The summed E-state index contributed by atoms with van der Waals surface area (Å²) in [5.74, 6) is 0.172. The Morgan fingerprint density at radius 3 is 2.39 bits per heavy atom. The van der Waals surface area contributed by atoms with Crippen LogP contribution in [0.4, 0.5) is 0 Å². The number of nitrogens with zero attached hydrogens (tertiary/aromatic N) is 1. The van der Waals surface area contributed by atoms with E-state index < -0.39 is 12.1 Å². The number of hydrogen-bond acceptors (Lipinski definition) is 4. The molecule has 0 bridgehead atoms. The van der Waals surface area contributed by atoms with Crippen molar-refractivity contribution in [1.82, 2.24) is 0 Å². The highest BCUT2D eigenvalue weighted by Crippen LogP contribution is 2.13. The van der Waals surface area contributed by atoms with Gasteiger partial charge in [0.05, 0.1) is 0 Å². The van der Waals surface area contributed by atoms with Crippen molar-refractivity contribution in [1.29, 1.82) is 0 Å². The Labute approximate surface area is 135 Å². The van der Waals surface area contributed by atoms with Crippen molar-refractivity contribution in [2.45, 2.75) is 26.4 Å². The second-order valence-corrected chi connectivity index (χ2v) is 5.08. The van der Waals surface area contributed by atoms with Crippen molar-refractivity contribution >= 4 is 11.8 Å². The Morgan fingerprint density at radius 1 is 1.13 bits per heavy atom. The fraction of sp³-hybridized carbons (Fsp3) is 0.222. The van der Waals surface area contributed by atoms with Crippen molar-refractivity contribution in [2.75, 3.05) is 0 Å². The quantitative estimate of drug-likeness (QED) is 0.385. The fourth-order valence-electron chi connectivity index (χ4n) is 1.89. The monoisotopic (exact) mass is 312 g/mol. The third kappa shape index (κ3) is 4.85. The molecule has 0 spiro atoms. The Balaban J connectivity index is 1.98. The molecule has 0 amide bonds. The van der Waals surface area contributed by atoms with Crippen LogP contribution in [0.5, 0.6) is 5.75 Å². The number of amidine groups is 1. The van der Waals surface area contributed by atoms with Crippen LogP contribution in [0, 0.1) is 6.92 Å². The van der Waals surface area contributed by atoms with Crippen molar-refractivity contribution in [2.24, 2.45) is 10.9 Å². The topological polar surface area (TPSA) is 73.9 Å². The zero-order chi connectivity index (χ0) is 16.7. The molecule has 2 aromatic rings. The summed E-state index contributed by atoms with van der Waals surface area (Å²) in [5.41, 5.74) is 7.63. The minimum absolute atomic E-state index is 0.146. The van der Waals surface area contributed by atoms with Gasteiger partial charge in [0.1, 0.15) is 5.75 Å². The molecular formula is C18H20N2O3. The summed E-state index contributed by atoms with van der Waals surface area (Å²) in [6.07, 6.45) is -0.264. The van der Waals surface area contributed by atoms with Crippen molar-refractivity contribution in [3.8, 4) is 5.75 Å². The summed E-state index contributed by atoms with van der Waals surface area (Å²) in [7, 11) is 0. The van der Waals surface area contributed by atoms with Gasteiger partial charge < -0.3 is 15.3 Å². The molecule has 23 heavy (non-hydrogen) atoms. The predicted octanol–water partition coefficient (Wildman–Crippen LogP) is 3.02. The molecule has 0 fully saturated rings. The number of para-hydroxylation sites is 1. The number of hydrogen-bond donors (Lipinski definition) is 1. The van der Waals surface area contributed by atoms with E-state index in [0.29, 0.717) is 17.7 Å². The standard InChI is InChI=1S/C18H20N2O3/c1-3-16(22-15-7-5-4-6-8-15)18(21)23-20-17(19)14-11-9-13(2)10-12-14/h4-12,16H,3H2,1-2H3,(H2,19,20). The molecular weight excluding hydrogens is 292 g/mol. The summed E-state index contributed by atoms with van der Waals surface area (Å²) in [4.78, 5) is 17.0. The Morgan fingerprint density at radius 2 is 1.78 bits per heavy atom. The lowest BCUT2D eigenvalue weighted by Crippen LogP contribution is -2.28. The smallest absolute Gasteiger partial charge is 0.375 e. The van der Waals surface area contributed by atoms with Crippen LogP contribution < -0.4 is 10.5 Å². The van der Waals surface area contributed by atoms with E-state index in [1.165, 1.54) is 0 Å². The maximum absolute atomic E-state index is 12.1. The van der Waals surface area contributed by atoms with E-state index in [2.05, 4.69) is 5.16 Å². The fourth-order valence-corrected chi connectivity index (χ4v) is 1.89. The molecule has 5 nitrogen and oxygen atoms in total. The van der Waals surface area contributed by atoms with Crippen LogP contribution in [-0.4, -0.2) is 17.9 Å². The minimum atomic E-state index is -0.730. The van der Waals surface area contributed by atoms with Gasteiger partial charge in [-0.25, -0.2) is 4.79 Å². The average Bonchev–Trinajstić information content (AvgIpc) is 2.58. The van der Waals surface area contributed by atoms with Gasteiger partial charge in [0.25, 0.3) is 0 Å². The average molecular weight is 312 g/mol. The molecule has 2 rings (SSSR count). The van der Waals surface area contributed by atoms with Crippen LogP contribution in [0.25, 0.3) is 0 Å². The zero-order valence-corrected chi connectivity index (χ0v) is 13.2. The molecule has 0 saturated heterocycles. The lowest BCUT2D eigenvalue weighted by molar-refractivity contribution is -0.152. The number of oxime groups is 1. The molecule has 2 aromatic carbocycles. The predicted molar refractivity (Wildman–Crippen MR) is 89.1 cm³/mol. The number of rotatable bonds is 6. The third-order valence-electron chi connectivity index (χ3n) is 3.24. The van der Waals surface area contributed by atoms with Gasteiger partial charge in [0, 0.05) is 5.56 Å². The Bertz CT molecular complexity index is 666. The van der Waals surface area contributed by atoms with E-state index in [0.717, 1.165) is 5.56 Å². The highest BCUT2D eigenvalue weighted by Gasteiger charge is 2.20. The molecule has 0 aliphatic rings. The van der Waals surface area contributed by atoms with E-state index in [1.54, 1.807) is 12.1 Å². The molecule has 1 unspecified atom stereocenters. The van der Waals surface area contributed by atoms with Crippen LogP contribution in [0.15, 0.2) is 59.8 Å². The van der Waals surface area contributed by atoms with Crippen LogP contribution >= 0.6 is 0 Å². The number of nitrogens with two attached hydrogens (primary N) is 1. The van der Waals surface area contributed by atoms with Gasteiger partial charge in [-0.05, 0) is 25.5 Å². The SMILES string of the molecule is CCC(Oc1ccccc1)C(=O)O/N=C(\N)c1ccc(C)cc1. The minimum Gasteiger partial charge on any atom is -0.479 e. The molecule has 0 heterocycles. The van der Waals surface area contributed by atoms with Crippen LogP contribution in [0.2, 0.25) is 0 Å². The Hall–Kier alpha value is -2.82. The molecule has 0 radical (unpaired) electrons. The third-order valence-corrected chi connectivity index (χ3v) is 3.24. The van der Waals surface area contributed by atoms with Crippen LogP contribution in [-0.2, 0) is 9.63 Å². The molecule has 120 valence electrons. The normalized spacial score (nSPS) is 12.5. The highest BCUT2D eigenvalue weighted by molar-refractivity contribution is 5.97. The number of carbonyl (C=O) groups is 1. The molecule has 5 heteroatoms. The molecule has 1 atom stereocenters. The van der Waals surface area contributed by atoms with E-state index >= 15 is 0 Å². The van der Waals surface area contributed by atoms with E-state index in [4.69, 9.17) is 15.3 Å². The van der Waals surface area contributed by atoms with Crippen molar-refractivity contribution in [3.05, 3.63) is 65.7 Å². The second-order valence-electron chi connectivity index (χ2n) is 5.08. The van der Waals surface area contributed by atoms with Crippen molar-refractivity contribution in [3.63, 3.8) is 0 Å². The lowest BCUT2D eigenvalue weighted by atomic mass is 10.1. The number of carbonyl (C=O) groups excluding carboxylic acids is 1. The van der Waals surface area contributed by atoms with E-state index in [9.17, 15) is 4.79 Å². The lowest BCUT2D eigenvalue weighted by Gasteiger charge is -2.14. The molecule has 0 aliphatic heterocycles. The van der Waals surface area contributed by atoms with E-state index in [1.807, 2.05) is 56.3 Å². The summed E-state index contributed by atoms with van der Waals surface area (Å²) < 4.78 is 5.59. The molecule has 0 saturated carbocycles. The first kappa shape index (κ1) is 16.5. The summed E-state index contributed by atoms with van der Waals surface area (Å²) in [5, 5.41) is 3.70. The van der Waals surface area contributed by atoms with Gasteiger partial charge in [0.15, 0.2) is 11.9 Å². The van der Waals surface area contributed by atoms with Crippen LogP contribution in [0.1, 0.15) is 24.5 Å². The largest absolute Gasteiger partial charge is 0.479 e. The first-order chi connectivity index (χ1) is 11.1. The summed E-state index contributed by atoms with van der Waals surface area (Å²) in [6, 6.07) is 16.6. The Kier molecular flexibility index (Phi) is 5.74. The number of benzene rings is 2. The van der Waals surface area contributed by atoms with Gasteiger partial charge in [-0.1, -0.05) is 60.1 Å². The first-order valence-corrected chi connectivity index (χ1v) is 7.43. The van der Waals surface area contributed by atoms with Crippen LogP contribution in [0.3, 0.4) is 0 Å². The number of ether oxygens (including phenoxy) is 1. The van der Waals surface area contributed by atoms with Gasteiger partial charge in [-0.15, -0.1) is 0 Å². The second kappa shape index (κ2) is 7.98. The first-order valence-electron chi connectivity index (χ1n) is 7.43. The zero-order valence-electron chi connectivity index (χ0n) is 13.2. The summed E-state index contributed by atoms with van der Waals surface area (Å²) >= 11 is 0. The van der Waals surface area contributed by atoms with Crippen molar-refractivity contribution < 1.29 is 14.4 Å². The molecule has 2 N–H and O–H groups in total. The van der Waals surface area contributed by atoms with Gasteiger partial charge in [-0.2, -0.15) is 0 Å². The van der Waals surface area contributed by atoms with E-state index in [-0.39, 0.29) is 5.84 Å². The van der Waals surface area contributed by atoms with Gasteiger partial charge in [-0.3, -0.25) is 0 Å². The molecule has 0 aliphatic carbocycles. The molecule has 0 aromatic heterocycles.